The molecule has 1 aromatic carbocycles. The Labute approximate surface area is 99.2 Å². The number of carboxylic acid groups (broad SMARTS) is 1. The monoisotopic (exact) mass is 237 g/mol. The van der Waals surface area contributed by atoms with E-state index in [-0.39, 0.29) is 13.0 Å². The molecule has 5 nitrogen and oxygen atoms in total. The van der Waals surface area contributed by atoms with Crippen LogP contribution in [-0.2, 0) is 11.2 Å². The van der Waals surface area contributed by atoms with Gasteiger partial charge in [-0.15, -0.1) is 0 Å². The molecule has 0 radical (unpaired) electrons. The predicted octanol–water partition coefficient (Wildman–Crippen LogP) is 1.99. The Bertz CT molecular complexity index is 361. The molecule has 0 aliphatic rings. The summed E-state index contributed by atoms with van der Waals surface area (Å²) in [6.45, 7) is -0.279. The summed E-state index contributed by atoms with van der Waals surface area (Å²) in [4.78, 5) is 20.5. The smallest absolute Gasteiger partial charge is 0.303 e. The Kier molecular flexibility index (Phi) is 5.13. The van der Waals surface area contributed by atoms with E-state index in [2.05, 4.69) is 0 Å². The number of nitrogens with zero attached hydrogens (tertiary/aromatic N) is 1. The minimum atomic E-state index is -0.982. The lowest BCUT2D eigenvalue weighted by Crippen LogP contribution is -2.18. The molecule has 0 saturated carbocycles. The lowest BCUT2D eigenvalue weighted by atomic mass is 9.96. The molecule has 0 fully saturated rings. The summed E-state index contributed by atoms with van der Waals surface area (Å²) in [6.07, 6.45) is 1.05. The van der Waals surface area contributed by atoms with E-state index in [1.165, 1.54) is 0 Å². The maximum Gasteiger partial charge on any atom is 0.303 e. The fraction of sp³-hybridized carbons (Fsp3) is 0.417. The normalized spacial score (nSPS) is 12.0. The Morgan fingerprint density at radius 2 is 2.00 bits per heavy atom. The number of aliphatic carboxylic acids is 1. The zero-order valence-corrected chi connectivity index (χ0v) is 9.41. The minimum absolute atomic E-state index is 0.145. The first-order valence-corrected chi connectivity index (χ1v) is 5.45. The maximum absolute atomic E-state index is 10.6. The van der Waals surface area contributed by atoms with Crippen molar-refractivity contribution in [3.8, 4) is 0 Å². The molecule has 1 atom stereocenters. The van der Waals surface area contributed by atoms with Crippen LogP contribution in [0.2, 0.25) is 0 Å². The van der Waals surface area contributed by atoms with Crippen molar-refractivity contribution >= 4 is 5.97 Å². The van der Waals surface area contributed by atoms with E-state index < -0.39 is 16.8 Å². The zero-order valence-electron chi connectivity index (χ0n) is 9.41. The third-order valence-electron chi connectivity index (χ3n) is 2.55. The fourth-order valence-electron chi connectivity index (χ4n) is 1.73. The van der Waals surface area contributed by atoms with Crippen LogP contribution in [-0.4, -0.2) is 22.5 Å². The molecule has 17 heavy (non-hydrogen) atoms. The summed E-state index contributed by atoms with van der Waals surface area (Å²) in [7, 11) is 0. The molecule has 1 aromatic rings. The third kappa shape index (κ3) is 5.65. The van der Waals surface area contributed by atoms with Crippen LogP contribution in [0.4, 0.5) is 0 Å². The van der Waals surface area contributed by atoms with Crippen LogP contribution < -0.4 is 0 Å². The topological polar surface area (TPSA) is 80.4 Å². The second-order valence-electron chi connectivity index (χ2n) is 4.00. The van der Waals surface area contributed by atoms with Crippen LogP contribution in [0.15, 0.2) is 30.3 Å². The van der Waals surface area contributed by atoms with Gasteiger partial charge in [-0.2, -0.15) is 0 Å². The molecule has 0 spiro atoms. The van der Waals surface area contributed by atoms with Gasteiger partial charge in [-0.3, -0.25) is 14.9 Å². The number of hydrogen-bond donors (Lipinski definition) is 1. The van der Waals surface area contributed by atoms with Crippen molar-refractivity contribution in [1.82, 2.24) is 0 Å². The lowest BCUT2D eigenvalue weighted by molar-refractivity contribution is -0.488. The molecular weight excluding hydrogens is 222 g/mol. The van der Waals surface area contributed by atoms with Crippen molar-refractivity contribution in [2.45, 2.75) is 19.3 Å². The number of nitro groups is 1. The first kappa shape index (κ1) is 13.2. The van der Waals surface area contributed by atoms with E-state index in [1.54, 1.807) is 0 Å². The van der Waals surface area contributed by atoms with Gasteiger partial charge in [0.05, 0.1) is 6.42 Å². The molecule has 0 heterocycles. The molecule has 0 bridgehead atoms. The highest BCUT2D eigenvalue weighted by atomic mass is 16.6. The number of hydrogen-bond acceptors (Lipinski definition) is 3. The number of carbonyl (C=O) groups is 1. The van der Waals surface area contributed by atoms with E-state index >= 15 is 0 Å². The summed E-state index contributed by atoms with van der Waals surface area (Å²) in [6, 6.07) is 9.56. The molecule has 0 amide bonds. The largest absolute Gasteiger partial charge is 0.481 e. The highest BCUT2D eigenvalue weighted by Crippen LogP contribution is 2.13. The summed E-state index contributed by atoms with van der Waals surface area (Å²) in [5.41, 5.74) is 1.08. The first-order valence-electron chi connectivity index (χ1n) is 5.45. The van der Waals surface area contributed by atoms with Gasteiger partial charge in [0.2, 0.25) is 6.54 Å². The summed E-state index contributed by atoms with van der Waals surface area (Å²) in [5.74, 6) is -1.38. The van der Waals surface area contributed by atoms with E-state index in [0.717, 1.165) is 5.56 Å². The summed E-state index contributed by atoms with van der Waals surface area (Å²) in [5, 5.41) is 19.1. The quantitative estimate of drug-likeness (QED) is 0.580. The standard InChI is InChI=1S/C12H15NO4/c14-12(15)8-11(9-13(16)17)7-6-10-4-2-1-3-5-10/h1-5,11H,6-9H2,(H,14,15)/t11-/m0/s1. The van der Waals surface area contributed by atoms with Crippen molar-refractivity contribution in [2.24, 2.45) is 5.92 Å². The van der Waals surface area contributed by atoms with Gasteiger partial charge in [-0.05, 0) is 18.4 Å². The highest BCUT2D eigenvalue weighted by Gasteiger charge is 2.18. The maximum atomic E-state index is 10.6. The molecule has 0 aliphatic carbocycles. The fourth-order valence-corrected chi connectivity index (χ4v) is 1.73. The van der Waals surface area contributed by atoms with Gasteiger partial charge in [-0.25, -0.2) is 0 Å². The van der Waals surface area contributed by atoms with Crippen molar-refractivity contribution < 1.29 is 14.8 Å². The Balaban J connectivity index is 2.48. The van der Waals surface area contributed by atoms with Gasteiger partial charge in [0.25, 0.3) is 0 Å². The Morgan fingerprint density at radius 1 is 1.35 bits per heavy atom. The van der Waals surface area contributed by atoms with Gasteiger partial charge in [0.1, 0.15) is 0 Å². The van der Waals surface area contributed by atoms with Gasteiger partial charge in [0, 0.05) is 10.8 Å². The second kappa shape index (κ2) is 6.62. The van der Waals surface area contributed by atoms with Crippen molar-refractivity contribution in [3.63, 3.8) is 0 Å². The molecule has 1 rings (SSSR count). The number of aryl methyl sites for hydroxylation is 1. The minimum Gasteiger partial charge on any atom is -0.481 e. The van der Waals surface area contributed by atoms with E-state index in [4.69, 9.17) is 5.11 Å². The average molecular weight is 237 g/mol. The molecule has 92 valence electrons. The van der Waals surface area contributed by atoms with Gasteiger partial charge in [0.15, 0.2) is 0 Å². The summed E-state index contributed by atoms with van der Waals surface area (Å²) < 4.78 is 0. The van der Waals surface area contributed by atoms with Crippen LogP contribution in [0.1, 0.15) is 18.4 Å². The zero-order chi connectivity index (χ0) is 12.7. The van der Waals surface area contributed by atoms with Crippen LogP contribution in [0.3, 0.4) is 0 Å². The third-order valence-corrected chi connectivity index (χ3v) is 2.55. The van der Waals surface area contributed by atoms with Crippen molar-refractivity contribution in [3.05, 3.63) is 46.0 Å². The lowest BCUT2D eigenvalue weighted by Gasteiger charge is -2.09. The van der Waals surface area contributed by atoms with E-state index in [9.17, 15) is 14.9 Å². The van der Waals surface area contributed by atoms with Gasteiger partial charge >= 0.3 is 5.97 Å². The molecule has 5 heteroatoms. The van der Waals surface area contributed by atoms with Crippen LogP contribution in [0.5, 0.6) is 0 Å². The van der Waals surface area contributed by atoms with Crippen molar-refractivity contribution in [2.75, 3.05) is 6.54 Å². The van der Waals surface area contributed by atoms with Gasteiger partial charge < -0.3 is 5.11 Å². The van der Waals surface area contributed by atoms with Crippen molar-refractivity contribution in [1.29, 1.82) is 0 Å². The molecule has 0 saturated heterocycles. The summed E-state index contributed by atoms with van der Waals surface area (Å²) >= 11 is 0. The predicted molar refractivity (Wildman–Crippen MR) is 62.4 cm³/mol. The molecule has 1 N–H and O–H groups in total. The first-order chi connectivity index (χ1) is 8.08. The SMILES string of the molecule is O=C(O)C[C@H](CCc1ccccc1)C[N+](=O)[O-]. The number of rotatable bonds is 7. The van der Waals surface area contributed by atoms with Crippen LogP contribution in [0.25, 0.3) is 0 Å². The second-order valence-corrected chi connectivity index (χ2v) is 4.00. The van der Waals surface area contributed by atoms with Gasteiger partial charge in [-0.1, -0.05) is 30.3 Å². The highest BCUT2D eigenvalue weighted by molar-refractivity contribution is 5.67. The molecule has 0 aromatic heterocycles. The Morgan fingerprint density at radius 3 is 2.53 bits per heavy atom. The Hall–Kier alpha value is -1.91. The van der Waals surface area contributed by atoms with E-state index in [0.29, 0.717) is 12.8 Å². The molecular formula is C12H15NO4. The average Bonchev–Trinajstić information content (AvgIpc) is 2.26. The van der Waals surface area contributed by atoms with Crippen LogP contribution in [0, 0.1) is 16.0 Å². The molecule has 0 unspecified atom stereocenters. The van der Waals surface area contributed by atoms with Crippen LogP contribution >= 0.6 is 0 Å². The number of benzene rings is 1. The number of carboxylic acids is 1. The molecule has 0 aliphatic heterocycles. The van der Waals surface area contributed by atoms with E-state index in [1.807, 2.05) is 30.3 Å².